The fourth-order valence-electron chi connectivity index (χ4n) is 2.25. The number of benzene rings is 2. The summed E-state index contributed by atoms with van der Waals surface area (Å²) in [6.45, 7) is 1.98. The SMILES string of the molecule is COc1ccc(Cc2nnc(S[C@@H](C)c3cccc(F)c3)o2)cc1. The summed E-state index contributed by atoms with van der Waals surface area (Å²) in [6.07, 6.45) is 0.561. The zero-order valence-electron chi connectivity index (χ0n) is 13.4. The lowest BCUT2D eigenvalue weighted by atomic mass is 10.1. The molecule has 0 radical (unpaired) electrons. The van der Waals surface area contributed by atoms with Crippen molar-refractivity contribution in [2.24, 2.45) is 0 Å². The maximum Gasteiger partial charge on any atom is 0.277 e. The van der Waals surface area contributed by atoms with Crippen molar-refractivity contribution in [2.75, 3.05) is 7.11 Å². The second-order valence-corrected chi connectivity index (χ2v) is 6.59. The van der Waals surface area contributed by atoms with E-state index in [1.807, 2.05) is 37.3 Å². The maximum atomic E-state index is 13.3. The molecule has 1 aromatic heterocycles. The highest BCUT2D eigenvalue weighted by molar-refractivity contribution is 7.99. The van der Waals surface area contributed by atoms with Crippen LogP contribution in [0.1, 0.15) is 29.2 Å². The minimum atomic E-state index is -0.245. The second-order valence-electron chi connectivity index (χ2n) is 5.30. The van der Waals surface area contributed by atoms with Crippen LogP contribution >= 0.6 is 11.8 Å². The van der Waals surface area contributed by atoms with Crippen LogP contribution in [0.5, 0.6) is 5.75 Å². The molecule has 0 aliphatic rings. The topological polar surface area (TPSA) is 48.2 Å². The van der Waals surface area contributed by atoms with Gasteiger partial charge in [0.25, 0.3) is 5.22 Å². The molecule has 1 atom stereocenters. The van der Waals surface area contributed by atoms with Crippen LogP contribution in [-0.2, 0) is 6.42 Å². The van der Waals surface area contributed by atoms with Crippen LogP contribution in [0.3, 0.4) is 0 Å². The Morgan fingerprint density at radius 1 is 1.17 bits per heavy atom. The van der Waals surface area contributed by atoms with E-state index in [1.165, 1.54) is 23.9 Å². The van der Waals surface area contributed by atoms with Gasteiger partial charge in [-0.3, -0.25) is 0 Å². The van der Waals surface area contributed by atoms with Gasteiger partial charge in [0, 0.05) is 5.25 Å². The molecule has 4 nitrogen and oxygen atoms in total. The van der Waals surface area contributed by atoms with Crippen molar-refractivity contribution in [3.05, 3.63) is 71.4 Å². The Kier molecular flexibility index (Phi) is 5.15. The first-order valence-electron chi connectivity index (χ1n) is 7.51. The number of halogens is 1. The van der Waals surface area contributed by atoms with Crippen molar-refractivity contribution in [1.82, 2.24) is 10.2 Å². The lowest BCUT2D eigenvalue weighted by molar-refractivity contribution is 0.413. The van der Waals surface area contributed by atoms with Gasteiger partial charge in [0.15, 0.2) is 0 Å². The minimum absolute atomic E-state index is 0.0231. The van der Waals surface area contributed by atoms with Gasteiger partial charge < -0.3 is 9.15 Å². The summed E-state index contributed by atoms with van der Waals surface area (Å²) in [6, 6.07) is 14.3. The molecule has 124 valence electrons. The van der Waals surface area contributed by atoms with Gasteiger partial charge in [-0.1, -0.05) is 36.0 Å². The van der Waals surface area contributed by atoms with E-state index < -0.39 is 0 Å². The van der Waals surface area contributed by atoms with E-state index in [2.05, 4.69) is 10.2 Å². The molecule has 3 aromatic rings. The molecule has 3 rings (SSSR count). The Morgan fingerprint density at radius 2 is 1.96 bits per heavy atom. The summed E-state index contributed by atoms with van der Waals surface area (Å²) in [7, 11) is 1.64. The number of ether oxygens (including phenoxy) is 1. The van der Waals surface area contributed by atoms with E-state index in [1.54, 1.807) is 13.2 Å². The van der Waals surface area contributed by atoms with Crippen LogP contribution in [0.2, 0.25) is 0 Å². The van der Waals surface area contributed by atoms with Crippen molar-refractivity contribution in [3.8, 4) is 5.75 Å². The number of methoxy groups -OCH3 is 1. The third-order valence-electron chi connectivity index (χ3n) is 3.56. The molecule has 24 heavy (non-hydrogen) atoms. The maximum absolute atomic E-state index is 13.3. The number of hydrogen-bond acceptors (Lipinski definition) is 5. The number of nitrogens with zero attached hydrogens (tertiary/aromatic N) is 2. The Bertz CT molecular complexity index is 805. The van der Waals surface area contributed by atoms with E-state index >= 15 is 0 Å². The molecular weight excluding hydrogens is 327 g/mol. The molecule has 0 saturated heterocycles. The lowest BCUT2D eigenvalue weighted by Crippen LogP contribution is -1.89. The van der Waals surface area contributed by atoms with Crippen molar-refractivity contribution in [1.29, 1.82) is 0 Å². The molecule has 1 heterocycles. The molecule has 0 aliphatic carbocycles. The normalized spacial score (nSPS) is 12.1. The van der Waals surface area contributed by atoms with Gasteiger partial charge in [-0.15, -0.1) is 10.2 Å². The largest absolute Gasteiger partial charge is 0.497 e. The van der Waals surface area contributed by atoms with Crippen molar-refractivity contribution >= 4 is 11.8 Å². The highest BCUT2D eigenvalue weighted by Gasteiger charge is 2.14. The standard InChI is InChI=1S/C18H17FN2O2S/c1-12(14-4-3-5-15(19)11-14)24-18-21-20-17(23-18)10-13-6-8-16(22-2)9-7-13/h3-9,11-12H,10H2,1-2H3/t12-/m0/s1. The van der Waals surface area contributed by atoms with E-state index in [0.29, 0.717) is 17.5 Å². The van der Waals surface area contributed by atoms with Gasteiger partial charge >= 0.3 is 0 Å². The van der Waals surface area contributed by atoms with Crippen LogP contribution < -0.4 is 4.74 Å². The van der Waals surface area contributed by atoms with E-state index in [4.69, 9.17) is 9.15 Å². The average molecular weight is 344 g/mol. The number of hydrogen-bond donors (Lipinski definition) is 0. The smallest absolute Gasteiger partial charge is 0.277 e. The van der Waals surface area contributed by atoms with Gasteiger partial charge in [0.05, 0.1) is 13.5 Å². The van der Waals surface area contributed by atoms with E-state index in [9.17, 15) is 4.39 Å². The summed E-state index contributed by atoms with van der Waals surface area (Å²) in [5.74, 6) is 1.12. The van der Waals surface area contributed by atoms with Gasteiger partial charge in [-0.2, -0.15) is 0 Å². The summed E-state index contributed by atoms with van der Waals surface area (Å²) < 4.78 is 24.1. The Hall–Kier alpha value is -2.34. The molecule has 0 aliphatic heterocycles. The summed E-state index contributed by atoms with van der Waals surface area (Å²) in [5.41, 5.74) is 1.95. The highest BCUT2D eigenvalue weighted by Crippen LogP contribution is 2.34. The Morgan fingerprint density at radius 3 is 2.67 bits per heavy atom. The van der Waals surface area contributed by atoms with Crippen molar-refractivity contribution in [2.45, 2.75) is 23.8 Å². The Balaban J connectivity index is 1.64. The van der Waals surface area contributed by atoms with Gasteiger partial charge in [-0.05, 0) is 42.3 Å². The predicted molar refractivity (Wildman–Crippen MR) is 90.8 cm³/mol. The van der Waals surface area contributed by atoms with Crippen molar-refractivity contribution < 1.29 is 13.5 Å². The van der Waals surface area contributed by atoms with Crippen LogP contribution in [0.15, 0.2) is 58.2 Å². The first kappa shape index (κ1) is 16.5. The molecule has 6 heteroatoms. The average Bonchev–Trinajstić information content (AvgIpc) is 3.02. The zero-order chi connectivity index (χ0) is 16.9. The van der Waals surface area contributed by atoms with Crippen LogP contribution in [0, 0.1) is 5.82 Å². The quantitative estimate of drug-likeness (QED) is 0.609. The molecular formula is C18H17FN2O2S. The van der Waals surface area contributed by atoms with Crippen LogP contribution in [-0.4, -0.2) is 17.3 Å². The summed E-state index contributed by atoms with van der Waals surface area (Å²) in [4.78, 5) is 0. The predicted octanol–water partition coefficient (Wildman–Crippen LogP) is 4.66. The fraction of sp³-hybridized carbons (Fsp3) is 0.222. The molecule has 0 amide bonds. The third kappa shape index (κ3) is 4.14. The molecule has 0 unspecified atom stereocenters. The molecule has 0 fully saturated rings. The Labute approximate surface area is 144 Å². The van der Waals surface area contributed by atoms with Gasteiger partial charge in [0.2, 0.25) is 5.89 Å². The van der Waals surface area contributed by atoms with E-state index in [-0.39, 0.29) is 11.1 Å². The zero-order valence-corrected chi connectivity index (χ0v) is 14.2. The first-order valence-corrected chi connectivity index (χ1v) is 8.39. The molecule has 0 N–H and O–H groups in total. The van der Waals surface area contributed by atoms with Crippen LogP contribution in [0.25, 0.3) is 0 Å². The fourth-order valence-corrected chi connectivity index (χ4v) is 3.07. The third-order valence-corrected chi connectivity index (χ3v) is 4.55. The van der Waals surface area contributed by atoms with E-state index in [0.717, 1.165) is 16.9 Å². The second kappa shape index (κ2) is 7.49. The molecule has 2 aromatic carbocycles. The monoisotopic (exact) mass is 344 g/mol. The lowest BCUT2D eigenvalue weighted by Gasteiger charge is -2.08. The first-order chi connectivity index (χ1) is 11.6. The molecule has 0 bridgehead atoms. The summed E-state index contributed by atoms with van der Waals surface area (Å²) in [5, 5.41) is 8.64. The molecule has 0 saturated carbocycles. The highest BCUT2D eigenvalue weighted by atomic mass is 32.2. The molecule has 0 spiro atoms. The van der Waals surface area contributed by atoms with Crippen molar-refractivity contribution in [3.63, 3.8) is 0 Å². The minimum Gasteiger partial charge on any atom is -0.497 e. The van der Waals surface area contributed by atoms with Gasteiger partial charge in [0.1, 0.15) is 11.6 Å². The number of aromatic nitrogens is 2. The number of thioether (sulfide) groups is 1. The van der Waals surface area contributed by atoms with Gasteiger partial charge in [-0.25, -0.2) is 4.39 Å². The summed E-state index contributed by atoms with van der Waals surface area (Å²) >= 11 is 1.42. The number of rotatable bonds is 6. The van der Waals surface area contributed by atoms with Crippen LogP contribution in [0.4, 0.5) is 4.39 Å².